The molecule has 2 heteroatoms. The third-order valence-corrected chi connectivity index (χ3v) is 7.68. The minimum Gasteiger partial charge on any atom is -0.393 e. The van der Waals surface area contributed by atoms with Crippen LogP contribution in [-0.4, -0.2) is 17.0 Å². The van der Waals surface area contributed by atoms with E-state index >= 15 is 0 Å². The van der Waals surface area contributed by atoms with Crippen molar-refractivity contribution < 1.29 is 11.3 Å². The van der Waals surface area contributed by atoms with Crippen LogP contribution in [0.1, 0.15) is 66.6 Å². The maximum atomic E-state index is 11.8. The Balaban J connectivity index is 1.73. The lowest BCUT2D eigenvalue weighted by atomic mass is 9.47. The molecular weight excluding hydrogens is 260 g/mol. The Kier molecular flexibility index (Phi) is 2.72. The van der Waals surface area contributed by atoms with Gasteiger partial charge in [0.15, 0.2) is 5.78 Å². The van der Waals surface area contributed by atoms with Crippen LogP contribution in [0.5, 0.6) is 0 Å². The van der Waals surface area contributed by atoms with Crippen molar-refractivity contribution in [2.75, 3.05) is 0 Å². The summed E-state index contributed by atoms with van der Waals surface area (Å²) in [5.41, 5.74) is 1.24. The summed E-state index contributed by atoms with van der Waals surface area (Å²) in [5.74, 6) is 1.97. The van der Waals surface area contributed by atoms with Crippen LogP contribution >= 0.6 is 0 Å². The van der Waals surface area contributed by atoms with E-state index in [4.69, 9.17) is 1.37 Å². The molecular formula is C19H28O2. The van der Waals surface area contributed by atoms with Crippen LogP contribution < -0.4 is 0 Å². The number of aliphatic hydroxyl groups is 1. The molecule has 1 N–H and O–H groups in total. The van der Waals surface area contributed by atoms with E-state index in [2.05, 4.69) is 13.8 Å². The number of hydrogen-bond acceptors (Lipinski definition) is 2. The third kappa shape index (κ3) is 1.78. The van der Waals surface area contributed by atoms with Crippen LogP contribution in [0.15, 0.2) is 11.6 Å². The van der Waals surface area contributed by atoms with Gasteiger partial charge in [0.1, 0.15) is 0 Å². The average Bonchev–Trinajstić information content (AvgIpc) is 2.77. The lowest BCUT2D eigenvalue weighted by Crippen LogP contribution is -2.51. The predicted molar refractivity (Wildman–Crippen MR) is 82.7 cm³/mol. The fourth-order valence-corrected chi connectivity index (χ4v) is 6.27. The Labute approximate surface area is 129 Å². The smallest absolute Gasteiger partial charge is 0.155 e. The number of rotatable bonds is 0. The van der Waals surface area contributed by atoms with Crippen molar-refractivity contribution in [1.82, 2.24) is 0 Å². The van der Waals surface area contributed by atoms with Gasteiger partial charge < -0.3 is 5.11 Å². The summed E-state index contributed by atoms with van der Waals surface area (Å²) in [4.78, 5) is 11.8. The molecule has 0 heterocycles. The maximum absolute atomic E-state index is 11.8. The second-order valence-electron chi connectivity index (χ2n) is 8.44. The SMILES string of the molecule is [3H][C@@H]1CC2C(CC[C@@]3(C)C2CC[C@@H]3O)[C@@]2(C)CCC(=O)C=C12. The molecule has 21 heavy (non-hydrogen) atoms. The molecule has 4 aliphatic carbocycles. The molecule has 0 aromatic rings. The van der Waals surface area contributed by atoms with Crippen molar-refractivity contribution in [3.8, 4) is 0 Å². The number of hydrogen-bond donors (Lipinski definition) is 1. The molecule has 0 aliphatic heterocycles. The fraction of sp³-hybridized carbons (Fsp3) is 0.842. The normalized spacial score (nSPS) is 56.9. The van der Waals surface area contributed by atoms with Crippen LogP contribution in [0.25, 0.3) is 0 Å². The molecule has 3 saturated carbocycles. The van der Waals surface area contributed by atoms with Gasteiger partial charge in [-0.05, 0) is 79.6 Å². The summed E-state index contributed by atoms with van der Waals surface area (Å²) in [5, 5.41) is 10.5. The summed E-state index contributed by atoms with van der Waals surface area (Å²) in [6.07, 6.45) is 8.26. The van der Waals surface area contributed by atoms with E-state index in [1.807, 2.05) is 6.08 Å². The molecule has 0 saturated heterocycles. The van der Waals surface area contributed by atoms with E-state index in [1.165, 1.54) is 0 Å². The maximum Gasteiger partial charge on any atom is 0.155 e. The van der Waals surface area contributed by atoms with Gasteiger partial charge in [0.25, 0.3) is 0 Å². The highest BCUT2D eigenvalue weighted by Crippen LogP contribution is 2.65. The number of allylic oxidation sites excluding steroid dienone is 1. The number of fused-ring (bicyclic) bond motifs is 5. The molecule has 2 nitrogen and oxygen atoms in total. The summed E-state index contributed by atoms with van der Waals surface area (Å²) < 4.78 is 8.62. The number of aliphatic hydroxyl groups excluding tert-OH is 1. The van der Waals surface area contributed by atoms with E-state index in [-0.39, 0.29) is 29.1 Å². The highest BCUT2D eigenvalue weighted by Gasteiger charge is 2.58. The highest BCUT2D eigenvalue weighted by atomic mass is 16.3. The molecule has 0 bridgehead atoms. The van der Waals surface area contributed by atoms with E-state index in [9.17, 15) is 9.90 Å². The second-order valence-corrected chi connectivity index (χ2v) is 8.44. The van der Waals surface area contributed by atoms with Crippen molar-refractivity contribution in [2.24, 2.45) is 28.6 Å². The Bertz CT molecular complexity index is 542. The van der Waals surface area contributed by atoms with Crippen LogP contribution in [0, 0.1) is 28.6 Å². The van der Waals surface area contributed by atoms with Crippen molar-refractivity contribution in [3.05, 3.63) is 11.6 Å². The standard InChI is InChI=1S/C19H28O2/c1-18-9-7-13(20)11-12(18)3-4-14-15-5-6-17(21)19(15,2)10-8-16(14)18/h11,14-17,21H,3-10H2,1-2H3/t14?,15?,16?,17-,18-,19-/m0/s1/i3T/t3-,14?,15?,16?,17+,18+,19+/m1. The predicted octanol–water partition coefficient (Wildman–Crippen LogP) is 3.88. The minimum atomic E-state index is -0.212. The molecule has 116 valence electrons. The van der Waals surface area contributed by atoms with Crippen LogP contribution in [0.3, 0.4) is 0 Å². The summed E-state index contributed by atoms with van der Waals surface area (Å²) >= 11 is 0. The molecule has 0 spiro atoms. The first-order valence-electron chi connectivity index (χ1n) is 9.29. The van der Waals surface area contributed by atoms with Crippen LogP contribution in [0.2, 0.25) is 0 Å². The van der Waals surface area contributed by atoms with Gasteiger partial charge in [-0.3, -0.25) is 4.79 Å². The average molecular weight is 290 g/mol. The van der Waals surface area contributed by atoms with Gasteiger partial charge in [-0.1, -0.05) is 19.4 Å². The fourth-order valence-electron chi connectivity index (χ4n) is 6.27. The molecule has 3 fully saturated rings. The molecule has 4 rings (SSSR count). The molecule has 0 amide bonds. The van der Waals surface area contributed by atoms with Crippen molar-refractivity contribution in [2.45, 2.75) is 71.3 Å². The number of carbonyl (C=O) groups is 1. The van der Waals surface area contributed by atoms with Crippen LogP contribution in [-0.2, 0) is 4.79 Å². The first-order chi connectivity index (χ1) is 10.4. The Morgan fingerprint density at radius 2 is 2.00 bits per heavy atom. The van der Waals surface area contributed by atoms with Gasteiger partial charge in [-0.25, -0.2) is 0 Å². The Morgan fingerprint density at radius 3 is 2.81 bits per heavy atom. The lowest BCUT2D eigenvalue weighted by molar-refractivity contribution is -0.118. The van der Waals surface area contributed by atoms with E-state index in [0.717, 1.165) is 44.1 Å². The second kappa shape index (κ2) is 4.44. The first-order valence-corrected chi connectivity index (χ1v) is 8.71. The van der Waals surface area contributed by atoms with Gasteiger partial charge in [-0.2, -0.15) is 0 Å². The lowest BCUT2D eigenvalue weighted by Gasteiger charge is -2.57. The van der Waals surface area contributed by atoms with Crippen molar-refractivity contribution in [3.63, 3.8) is 0 Å². The zero-order chi connectivity index (χ0) is 15.7. The van der Waals surface area contributed by atoms with E-state index in [0.29, 0.717) is 24.2 Å². The quantitative estimate of drug-likeness (QED) is 0.735. The summed E-state index contributed by atoms with van der Waals surface area (Å²) in [6, 6.07) is 0. The first kappa shape index (κ1) is 12.9. The molecule has 0 radical (unpaired) electrons. The minimum absolute atomic E-state index is 0.0537. The molecule has 0 aromatic carbocycles. The molecule has 3 unspecified atom stereocenters. The van der Waals surface area contributed by atoms with E-state index < -0.39 is 0 Å². The van der Waals surface area contributed by atoms with Gasteiger partial charge >= 0.3 is 0 Å². The van der Waals surface area contributed by atoms with Crippen molar-refractivity contribution >= 4 is 5.78 Å². The van der Waals surface area contributed by atoms with E-state index in [1.54, 1.807) is 0 Å². The zero-order valence-corrected chi connectivity index (χ0v) is 13.3. The van der Waals surface area contributed by atoms with Gasteiger partial charge in [-0.15, -0.1) is 0 Å². The monoisotopic (exact) mass is 290 g/mol. The van der Waals surface area contributed by atoms with Gasteiger partial charge in [0.05, 0.1) is 6.10 Å². The third-order valence-electron chi connectivity index (χ3n) is 7.68. The Hall–Kier alpha value is -0.630. The topological polar surface area (TPSA) is 37.3 Å². The largest absolute Gasteiger partial charge is 0.393 e. The number of ketones is 1. The van der Waals surface area contributed by atoms with Crippen LogP contribution in [0.4, 0.5) is 0 Å². The molecule has 0 aromatic heterocycles. The van der Waals surface area contributed by atoms with Crippen molar-refractivity contribution in [1.29, 1.82) is 0 Å². The summed E-state index contributed by atoms with van der Waals surface area (Å²) in [6.45, 7) is 4.60. The Morgan fingerprint density at radius 1 is 1.19 bits per heavy atom. The molecule has 7 atom stereocenters. The van der Waals surface area contributed by atoms with Gasteiger partial charge in [0, 0.05) is 7.79 Å². The zero-order valence-electron chi connectivity index (χ0n) is 14.3. The number of carbonyl (C=O) groups excluding carboxylic acids is 1. The highest BCUT2D eigenvalue weighted by molar-refractivity contribution is 5.91. The van der Waals surface area contributed by atoms with Gasteiger partial charge in [0.2, 0.25) is 0 Å². The summed E-state index contributed by atoms with van der Waals surface area (Å²) in [7, 11) is 0. The molecule has 4 aliphatic rings.